The Morgan fingerprint density at radius 1 is 1.27 bits per heavy atom. The Balaban J connectivity index is 0.00000163. The van der Waals surface area contributed by atoms with Crippen LogP contribution >= 0.6 is 0 Å². The van der Waals surface area contributed by atoms with Gasteiger partial charge in [-0.15, -0.1) is 0 Å². The molecular weight excluding hydrogens is 371 g/mol. The molecule has 0 fully saturated rings. The molecule has 2 heterocycles. The monoisotopic (exact) mass is 391 g/mol. The minimum absolute atomic E-state index is 0.0650. The fourth-order valence-corrected chi connectivity index (χ4v) is 2.38. The van der Waals surface area contributed by atoms with E-state index in [0.29, 0.717) is 11.1 Å². The number of alkyl halides is 3. The number of carbonyl (C=O) groups excluding carboxylic acids is 1. The molecule has 0 bridgehead atoms. The molecule has 0 aromatic carbocycles. The Morgan fingerprint density at radius 3 is 2.31 bits per heavy atom. The topological polar surface area (TPSA) is 80.1 Å². The van der Waals surface area contributed by atoms with Gasteiger partial charge in [-0.05, 0) is 19.2 Å². The van der Waals surface area contributed by atoms with E-state index in [1.54, 1.807) is 0 Å². The fourth-order valence-electron chi connectivity index (χ4n) is 1.80. The Hall–Kier alpha value is -2.27. The predicted octanol–water partition coefficient (Wildman–Crippen LogP) is 2.26. The molecule has 11 heteroatoms. The minimum Gasteiger partial charge on any atom is -0.343 e. The van der Waals surface area contributed by atoms with E-state index < -0.39 is 34.3 Å². The molecule has 2 aromatic rings. The van der Waals surface area contributed by atoms with E-state index in [4.69, 9.17) is 0 Å². The molecule has 1 atom stereocenters. The van der Waals surface area contributed by atoms with Crippen molar-refractivity contribution in [1.29, 1.82) is 0 Å². The van der Waals surface area contributed by atoms with Crippen molar-refractivity contribution < 1.29 is 22.2 Å². The molecule has 2 aromatic heterocycles. The van der Waals surface area contributed by atoms with E-state index in [1.165, 1.54) is 39.5 Å². The number of halogens is 3. The molecule has 0 aliphatic rings. The SMILES string of the molecule is CC.CNS(=O)c1ccc(-n2cc(C(F)(F)F)c(C(=O)N(C)C)n2)nc1. The number of carbonyl (C=O) groups is 1. The maximum Gasteiger partial charge on any atom is 0.420 e. The second kappa shape index (κ2) is 8.90. The zero-order valence-electron chi connectivity index (χ0n) is 15.0. The van der Waals surface area contributed by atoms with Gasteiger partial charge in [0.1, 0.15) is 16.5 Å². The van der Waals surface area contributed by atoms with Crippen LogP contribution < -0.4 is 4.72 Å². The highest BCUT2D eigenvalue weighted by molar-refractivity contribution is 7.83. The van der Waals surface area contributed by atoms with Gasteiger partial charge in [-0.25, -0.2) is 18.6 Å². The average molecular weight is 391 g/mol. The third-order valence-corrected chi connectivity index (χ3v) is 4.02. The van der Waals surface area contributed by atoms with E-state index in [9.17, 15) is 22.2 Å². The molecule has 7 nitrogen and oxygen atoms in total. The Morgan fingerprint density at radius 2 is 1.88 bits per heavy atom. The van der Waals surface area contributed by atoms with Crippen molar-refractivity contribution in [3.8, 4) is 5.82 Å². The summed E-state index contributed by atoms with van der Waals surface area (Å²) in [5.41, 5.74) is -1.86. The van der Waals surface area contributed by atoms with Gasteiger partial charge in [-0.1, -0.05) is 13.8 Å². The molecule has 0 aliphatic carbocycles. The molecule has 0 spiro atoms. The number of amides is 1. The van der Waals surface area contributed by atoms with Crippen molar-refractivity contribution in [2.75, 3.05) is 21.1 Å². The van der Waals surface area contributed by atoms with E-state index in [0.717, 1.165) is 9.58 Å². The normalized spacial score (nSPS) is 12.2. The van der Waals surface area contributed by atoms with E-state index in [2.05, 4.69) is 14.8 Å². The average Bonchev–Trinajstić information content (AvgIpc) is 3.07. The summed E-state index contributed by atoms with van der Waals surface area (Å²) in [6, 6.07) is 2.80. The van der Waals surface area contributed by atoms with Crippen LogP contribution in [-0.2, 0) is 17.2 Å². The van der Waals surface area contributed by atoms with Gasteiger partial charge in [0.15, 0.2) is 11.5 Å². The van der Waals surface area contributed by atoms with Gasteiger partial charge in [-0.2, -0.15) is 18.3 Å². The summed E-state index contributed by atoms with van der Waals surface area (Å²) in [6.45, 7) is 4.00. The van der Waals surface area contributed by atoms with E-state index in [1.807, 2.05) is 13.8 Å². The lowest BCUT2D eigenvalue weighted by Crippen LogP contribution is -2.25. The first-order valence-corrected chi connectivity index (χ1v) is 8.74. The molecule has 0 radical (unpaired) electrons. The number of nitrogens with zero attached hydrogens (tertiary/aromatic N) is 4. The molecule has 1 unspecified atom stereocenters. The van der Waals surface area contributed by atoms with Crippen LogP contribution in [0.5, 0.6) is 0 Å². The van der Waals surface area contributed by atoms with Gasteiger partial charge in [0, 0.05) is 26.5 Å². The number of hydrogen-bond donors (Lipinski definition) is 1. The van der Waals surface area contributed by atoms with E-state index in [-0.39, 0.29) is 5.82 Å². The van der Waals surface area contributed by atoms with Crippen LogP contribution in [0.25, 0.3) is 5.82 Å². The van der Waals surface area contributed by atoms with Crippen LogP contribution in [0.2, 0.25) is 0 Å². The second-order valence-corrected chi connectivity index (χ2v) is 6.28. The van der Waals surface area contributed by atoms with Crippen LogP contribution in [0, 0.1) is 0 Å². The first-order valence-electron chi connectivity index (χ1n) is 7.59. The number of nitrogens with one attached hydrogen (secondary N) is 1. The smallest absolute Gasteiger partial charge is 0.343 e. The highest BCUT2D eigenvalue weighted by Gasteiger charge is 2.39. The largest absolute Gasteiger partial charge is 0.420 e. The summed E-state index contributed by atoms with van der Waals surface area (Å²) in [5.74, 6) is -0.802. The Labute approximate surface area is 151 Å². The lowest BCUT2D eigenvalue weighted by Gasteiger charge is -2.10. The van der Waals surface area contributed by atoms with Crippen molar-refractivity contribution in [3.63, 3.8) is 0 Å². The van der Waals surface area contributed by atoms with Crippen LogP contribution in [0.3, 0.4) is 0 Å². The fraction of sp³-hybridized carbons (Fsp3) is 0.400. The van der Waals surface area contributed by atoms with Crippen LogP contribution in [0.1, 0.15) is 29.9 Å². The van der Waals surface area contributed by atoms with Crippen molar-refractivity contribution >= 4 is 16.9 Å². The van der Waals surface area contributed by atoms with Crippen LogP contribution in [-0.4, -0.2) is 50.9 Å². The third kappa shape index (κ3) is 4.88. The Kier molecular flexibility index (Phi) is 7.45. The third-order valence-electron chi connectivity index (χ3n) is 2.98. The molecule has 0 aliphatic heterocycles. The number of pyridine rings is 1. The summed E-state index contributed by atoms with van der Waals surface area (Å²) in [4.78, 5) is 17.2. The van der Waals surface area contributed by atoms with Gasteiger partial charge < -0.3 is 4.90 Å². The van der Waals surface area contributed by atoms with Gasteiger partial charge in [0.2, 0.25) is 0 Å². The highest BCUT2D eigenvalue weighted by atomic mass is 32.2. The molecule has 26 heavy (non-hydrogen) atoms. The van der Waals surface area contributed by atoms with Crippen molar-refractivity contribution in [3.05, 3.63) is 35.8 Å². The van der Waals surface area contributed by atoms with Crippen molar-refractivity contribution in [2.45, 2.75) is 24.9 Å². The van der Waals surface area contributed by atoms with Gasteiger partial charge >= 0.3 is 6.18 Å². The first-order chi connectivity index (χ1) is 12.1. The van der Waals surface area contributed by atoms with Crippen LogP contribution in [0.4, 0.5) is 13.2 Å². The quantitative estimate of drug-likeness (QED) is 0.867. The Bertz CT molecular complexity index is 773. The summed E-state index contributed by atoms with van der Waals surface area (Å²) >= 11 is 0. The summed E-state index contributed by atoms with van der Waals surface area (Å²) in [7, 11) is 2.70. The van der Waals surface area contributed by atoms with Crippen molar-refractivity contribution in [2.24, 2.45) is 0 Å². The molecular formula is C15H20F3N5O2S. The second-order valence-electron chi connectivity index (χ2n) is 4.86. The molecule has 1 amide bonds. The van der Waals surface area contributed by atoms with E-state index >= 15 is 0 Å². The lowest BCUT2D eigenvalue weighted by molar-refractivity contribution is -0.138. The standard InChI is InChI=1S/C13H14F3N5O2S.C2H6/c1-17-24(23)8-4-5-10(18-6-8)21-7-9(13(14,15)16)11(19-21)12(22)20(2)3;1-2/h4-7,17H,1-3H3;1-2H3. The van der Waals surface area contributed by atoms with Gasteiger partial charge in [-0.3, -0.25) is 4.79 Å². The van der Waals surface area contributed by atoms with Crippen molar-refractivity contribution in [1.82, 2.24) is 24.4 Å². The minimum atomic E-state index is -4.73. The zero-order chi connectivity index (χ0) is 20.1. The molecule has 0 saturated carbocycles. The predicted molar refractivity (Wildman–Crippen MR) is 91.2 cm³/mol. The molecule has 1 N–H and O–H groups in total. The maximum atomic E-state index is 13.1. The first kappa shape index (κ1) is 21.8. The summed E-state index contributed by atoms with van der Waals surface area (Å²) in [6.07, 6.45) is -2.77. The number of aromatic nitrogens is 3. The molecule has 2 rings (SSSR count). The van der Waals surface area contributed by atoms with Gasteiger partial charge in [0.25, 0.3) is 5.91 Å². The zero-order valence-corrected chi connectivity index (χ0v) is 15.8. The lowest BCUT2D eigenvalue weighted by atomic mass is 10.2. The van der Waals surface area contributed by atoms with Crippen LogP contribution in [0.15, 0.2) is 29.4 Å². The molecule has 144 valence electrons. The maximum absolute atomic E-state index is 13.1. The molecule has 0 saturated heterocycles. The number of rotatable bonds is 4. The number of hydrogen-bond acceptors (Lipinski definition) is 4. The highest BCUT2D eigenvalue weighted by Crippen LogP contribution is 2.32. The summed E-state index contributed by atoms with van der Waals surface area (Å²) < 4.78 is 54.3. The van der Waals surface area contributed by atoms with Gasteiger partial charge in [0.05, 0.1) is 4.90 Å². The summed E-state index contributed by atoms with van der Waals surface area (Å²) in [5, 5.41) is 3.71.